The van der Waals surface area contributed by atoms with Crippen LogP contribution in [0.2, 0.25) is 0 Å². The number of hydrogen-bond acceptors (Lipinski definition) is 7. The third-order valence-corrected chi connectivity index (χ3v) is 8.39. The lowest BCUT2D eigenvalue weighted by atomic mass is 9.98. The first-order valence-corrected chi connectivity index (χ1v) is 14.7. The maximum absolute atomic E-state index is 6.71. The highest BCUT2D eigenvalue weighted by Gasteiger charge is 2.51. The number of fused-ring (bicyclic) bond motifs is 1. The van der Waals surface area contributed by atoms with Crippen LogP contribution in [0.25, 0.3) is 0 Å². The molecule has 212 valence electrons. The summed E-state index contributed by atoms with van der Waals surface area (Å²) >= 11 is 1.63. The number of rotatable bonds is 10. The van der Waals surface area contributed by atoms with Crippen molar-refractivity contribution in [3.8, 4) is 5.75 Å². The molecule has 3 unspecified atom stereocenters. The molecule has 0 saturated carbocycles. The van der Waals surface area contributed by atoms with Crippen molar-refractivity contribution in [2.75, 3.05) is 13.7 Å². The Hall–Kier alpha value is -3.17. The van der Waals surface area contributed by atoms with Gasteiger partial charge in [0.25, 0.3) is 0 Å². The quantitative estimate of drug-likeness (QED) is 0.208. The second-order valence-corrected chi connectivity index (χ2v) is 11.2. The van der Waals surface area contributed by atoms with E-state index in [9.17, 15) is 0 Å². The molecule has 2 aliphatic rings. The summed E-state index contributed by atoms with van der Waals surface area (Å²) in [7, 11) is 1.66. The van der Waals surface area contributed by atoms with E-state index in [1.54, 1.807) is 18.9 Å². The Balaban J connectivity index is 1.29. The zero-order valence-electron chi connectivity index (χ0n) is 22.9. The minimum atomic E-state index is -0.510. The third-order valence-electron chi connectivity index (χ3n) is 7.24. The molecule has 4 aromatic rings. The van der Waals surface area contributed by atoms with E-state index < -0.39 is 18.5 Å². The van der Waals surface area contributed by atoms with Crippen LogP contribution in [0.4, 0.5) is 0 Å². The normalized spacial score (nSPS) is 25.8. The van der Waals surface area contributed by atoms with Gasteiger partial charge >= 0.3 is 0 Å². The van der Waals surface area contributed by atoms with Gasteiger partial charge in [-0.15, -0.1) is 0 Å². The maximum Gasteiger partial charge on any atom is 0.184 e. The van der Waals surface area contributed by atoms with Crippen LogP contribution in [0.15, 0.2) is 120 Å². The van der Waals surface area contributed by atoms with Gasteiger partial charge in [-0.1, -0.05) is 103 Å². The van der Waals surface area contributed by atoms with Crippen LogP contribution in [0.5, 0.6) is 5.75 Å². The molecule has 0 radical (unpaired) electrons. The van der Waals surface area contributed by atoms with Crippen molar-refractivity contribution in [2.24, 2.45) is 0 Å². The molecule has 0 amide bonds. The number of ether oxygens (including phenoxy) is 6. The predicted molar refractivity (Wildman–Crippen MR) is 158 cm³/mol. The van der Waals surface area contributed by atoms with E-state index in [2.05, 4.69) is 24.3 Å². The summed E-state index contributed by atoms with van der Waals surface area (Å²) in [5.74, 6) is 0.807. The molecule has 0 aliphatic carbocycles. The molecule has 0 bridgehead atoms. The molecule has 2 aliphatic heterocycles. The Kier molecular flexibility index (Phi) is 9.32. The molecule has 7 heteroatoms. The average Bonchev–Trinajstić information content (AvgIpc) is 3.04. The molecule has 6 atom stereocenters. The lowest BCUT2D eigenvalue weighted by Gasteiger charge is -2.49. The van der Waals surface area contributed by atoms with Crippen LogP contribution >= 0.6 is 11.8 Å². The van der Waals surface area contributed by atoms with Crippen LogP contribution in [0.1, 0.15) is 23.0 Å². The van der Waals surface area contributed by atoms with Crippen molar-refractivity contribution in [1.82, 2.24) is 0 Å². The van der Waals surface area contributed by atoms with E-state index in [0.717, 1.165) is 27.3 Å². The number of benzene rings is 4. The molecule has 0 aromatic heterocycles. The van der Waals surface area contributed by atoms with Crippen LogP contribution in [0.3, 0.4) is 0 Å². The topological polar surface area (TPSA) is 55.4 Å². The fourth-order valence-electron chi connectivity index (χ4n) is 5.10. The van der Waals surface area contributed by atoms with Crippen LogP contribution in [-0.4, -0.2) is 43.6 Å². The molecule has 2 saturated heterocycles. The molecule has 2 fully saturated rings. The van der Waals surface area contributed by atoms with Crippen molar-refractivity contribution >= 4 is 11.8 Å². The third kappa shape index (κ3) is 7.01. The molecule has 6 rings (SSSR count). The second kappa shape index (κ2) is 13.7. The van der Waals surface area contributed by atoms with E-state index in [1.807, 2.05) is 91.0 Å². The van der Waals surface area contributed by atoms with Gasteiger partial charge in [0.1, 0.15) is 35.6 Å². The number of thioether (sulfide) groups is 1. The lowest BCUT2D eigenvalue weighted by molar-refractivity contribution is -0.329. The Labute approximate surface area is 245 Å². The van der Waals surface area contributed by atoms with E-state index in [4.69, 9.17) is 28.4 Å². The minimum Gasteiger partial charge on any atom is -0.497 e. The highest BCUT2D eigenvalue weighted by atomic mass is 32.2. The van der Waals surface area contributed by atoms with Gasteiger partial charge in [0, 0.05) is 10.5 Å². The Morgan fingerprint density at radius 1 is 0.683 bits per heavy atom. The Morgan fingerprint density at radius 2 is 1.29 bits per heavy atom. The molecule has 2 heterocycles. The van der Waals surface area contributed by atoms with Crippen LogP contribution < -0.4 is 4.74 Å². The minimum absolute atomic E-state index is 0.308. The average molecular weight is 571 g/mol. The SMILES string of the molecule is COc1ccc(COC2[C@H](Sc3ccccc3)OC3COC(c4ccccc4)O[C@H]3[C@H]2OCc2ccccc2)cc1. The van der Waals surface area contributed by atoms with Crippen molar-refractivity contribution in [3.05, 3.63) is 132 Å². The summed E-state index contributed by atoms with van der Waals surface area (Å²) in [4.78, 5) is 1.09. The Bertz CT molecular complexity index is 1340. The standard InChI is InChI=1S/C34H34O6S/c1-35-27-19-17-25(18-20-27)22-37-32-31(36-21-24-11-5-2-6-12-24)30-29(39-34(32)41-28-15-9-4-10-16-28)23-38-33(40-30)26-13-7-3-8-14-26/h2-20,29-34H,21-23H2,1H3/t29?,30-,31-,32?,33?,34+/m1/s1. The van der Waals surface area contributed by atoms with Crippen molar-refractivity contribution in [3.63, 3.8) is 0 Å². The smallest absolute Gasteiger partial charge is 0.184 e. The van der Waals surface area contributed by atoms with Gasteiger partial charge in [-0.05, 0) is 35.4 Å². The van der Waals surface area contributed by atoms with E-state index >= 15 is 0 Å². The van der Waals surface area contributed by atoms with Crippen LogP contribution in [0, 0.1) is 0 Å². The summed E-state index contributed by atoms with van der Waals surface area (Å²) < 4.78 is 38.2. The van der Waals surface area contributed by atoms with Crippen molar-refractivity contribution in [2.45, 2.75) is 54.3 Å². The summed E-state index contributed by atoms with van der Waals surface area (Å²) in [6.07, 6.45) is -2.02. The van der Waals surface area contributed by atoms with Gasteiger partial charge in [0.2, 0.25) is 0 Å². The highest BCUT2D eigenvalue weighted by Crippen LogP contribution is 2.41. The first kappa shape index (κ1) is 28.0. The number of methoxy groups -OCH3 is 1. The maximum atomic E-state index is 6.71. The van der Waals surface area contributed by atoms with Gasteiger partial charge < -0.3 is 28.4 Å². The molecule has 41 heavy (non-hydrogen) atoms. The van der Waals surface area contributed by atoms with Gasteiger partial charge in [-0.2, -0.15) is 0 Å². The first-order chi connectivity index (χ1) is 20.3. The second-order valence-electron chi connectivity index (χ2n) is 10.0. The van der Waals surface area contributed by atoms with Gasteiger partial charge in [0.15, 0.2) is 6.29 Å². The fourth-order valence-corrected chi connectivity index (χ4v) is 6.25. The number of hydrogen-bond donors (Lipinski definition) is 0. The molecular formula is C34H34O6S. The largest absolute Gasteiger partial charge is 0.497 e. The molecule has 0 spiro atoms. The van der Waals surface area contributed by atoms with E-state index in [0.29, 0.717) is 19.8 Å². The van der Waals surface area contributed by atoms with Crippen molar-refractivity contribution < 1.29 is 28.4 Å². The summed E-state index contributed by atoms with van der Waals surface area (Å²) in [5.41, 5.74) is 2.75. The van der Waals surface area contributed by atoms with Gasteiger partial charge in [-0.3, -0.25) is 0 Å². The first-order valence-electron chi connectivity index (χ1n) is 13.9. The monoisotopic (exact) mass is 570 g/mol. The highest BCUT2D eigenvalue weighted by molar-refractivity contribution is 7.99. The molecule has 4 aromatic carbocycles. The predicted octanol–water partition coefficient (Wildman–Crippen LogP) is 6.80. The van der Waals surface area contributed by atoms with E-state index in [1.165, 1.54) is 0 Å². The zero-order valence-corrected chi connectivity index (χ0v) is 23.7. The fraction of sp³-hybridized carbons (Fsp3) is 0.294. The van der Waals surface area contributed by atoms with Crippen molar-refractivity contribution in [1.29, 1.82) is 0 Å². The zero-order chi connectivity index (χ0) is 27.9. The molecular weight excluding hydrogens is 536 g/mol. The van der Waals surface area contributed by atoms with Gasteiger partial charge in [-0.25, -0.2) is 0 Å². The summed E-state index contributed by atoms with van der Waals surface area (Å²) in [6, 6.07) is 38.3. The van der Waals surface area contributed by atoms with E-state index in [-0.39, 0.29) is 17.6 Å². The molecule has 0 N–H and O–H groups in total. The van der Waals surface area contributed by atoms with Crippen LogP contribution in [-0.2, 0) is 36.9 Å². The Morgan fingerprint density at radius 3 is 1.98 bits per heavy atom. The molecule has 6 nitrogen and oxygen atoms in total. The van der Waals surface area contributed by atoms with Gasteiger partial charge in [0.05, 0.1) is 26.9 Å². The summed E-state index contributed by atoms with van der Waals surface area (Å²) in [5, 5.41) is 0. The lowest BCUT2D eigenvalue weighted by Crippen LogP contribution is -2.62. The summed E-state index contributed by atoms with van der Waals surface area (Å²) in [6.45, 7) is 1.22.